The van der Waals surface area contributed by atoms with Crippen LogP contribution >= 0.6 is 11.3 Å². The molecule has 3 heterocycles. The van der Waals surface area contributed by atoms with Crippen LogP contribution in [-0.2, 0) is 28.0 Å². The number of esters is 1. The van der Waals surface area contributed by atoms with Gasteiger partial charge in [0, 0.05) is 6.07 Å². The zero-order valence-corrected chi connectivity index (χ0v) is 18.1. The van der Waals surface area contributed by atoms with Crippen LogP contribution in [0.4, 0.5) is 0 Å². The first-order valence-corrected chi connectivity index (χ1v) is 11.4. The number of ether oxygens (including phenoxy) is 3. The molecule has 0 atom stereocenters. The first-order valence-electron chi connectivity index (χ1n) is 10.5. The summed E-state index contributed by atoms with van der Waals surface area (Å²) in [7, 11) is 0. The summed E-state index contributed by atoms with van der Waals surface area (Å²) in [4.78, 5) is 30.6. The van der Waals surface area contributed by atoms with E-state index in [0.29, 0.717) is 35.4 Å². The second kappa shape index (κ2) is 7.96. The van der Waals surface area contributed by atoms with Crippen LogP contribution in [0.1, 0.15) is 48.9 Å². The van der Waals surface area contributed by atoms with E-state index >= 15 is 0 Å². The quantitative estimate of drug-likeness (QED) is 0.562. The highest BCUT2D eigenvalue weighted by Gasteiger charge is 2.44. The van der Waals surface area contributed by atoms with Crippen molar-refractivity contribution in [3.8, 4) is 11.5 Å². The molecule has 8 nitrogen and oxygen atoms in total. The third-order valence-electron chi connectivity index (χ3n) is 5.94. The molecule has 162 valence electrons. The summed E-state index contributed by atoms with van der Waals surface area (Å²) in [5.41, 5.74) is 0.335. The van der Waals surface area contributed by atoms with Crippen molar-refractivity contribution in [3.05, 3.63) is 50.9 Å². The highest BCUT2D eigenvalue weighted by Crippen LogP contribution is 2.45. The Bertz CT molecular complexity index is 1200. The fraction of sp³-hybridized carbons (Fsp3) is 0.455. The molecule has 3 aromatic rings. The molecule has 1 aromatic carbocycles. The van der Waals surface area contributed by atoms with Gasteiger partial charge in [0.25, 0.3) is 5.56 Å². The Morgan fingerprint density at radius 2 is 1.97 bits per heavy atom. The van der Waals surface area contributed by atoms with E-state index in [2.05, 4.69) is 10.1 Å². The molecule has 1 fully saturated rings. The van der Waals surface area contributed by atoms with Gasteiger partial charge in [-0.3, -0.25) is 9.59 Å². The fourth-order valence-corrected chi connectivity index (χ4v) is 5.18. The van der Waals surface area contributed by atoms with Crippen molar-refractivity contribution in [1.82, 2.24) is 14.6 Å². The Balaban J connectivity index is 1.39. The van der Waals surface area contributed by atoms with Gasteiger partial charge in [-0.05, 0) is 37.0 Å². The van der Waals surface area contributed by atoms with Crippen LogP contribution in [0, 0.1) is 0 Å². The van der Waals surface area contributed by atoms with E-state index in [-0.39, 0.29) is 18.1 Å². The second-order valence-electron chi connectivity index (χ2n) is 7.85. The van der Waals surface area contributed by atoms with Crippen molar-refractivity contribution in [2.75, 3.05) is 13.2 Å². The molecule has 0 N–H and O–H groups in total. The Hall–Kier alpha value is -2.94. The lowest BCUT2D eigenvalue weighted by Crippen LogP contribution is -2.35. The van der Waals surface area contributed by atoms with Gasteiger partial charge >= 0.3 is 5.97 Å². The Morgan fingerprint density at radius 1 is 1.19 bits per heavy atom. The Labute approximate surface area is 182 Å². The zero-order chi connectivity index (χ0) is 21.4. The molecule has 2 aromatic heterocycles. The molecule has 0 radical (unpaired) electrons. The number of aryl methyl sites for hydroxylation is 1. The van der Waals surface area contributed by atoms with Crippen molar-refractivity contribution in [2.45, 2.75) is 51.0 Å². The molecule has 1 aliphatic heterocycles. The normalized spacial score (nSPS) is 17.1. The molecule has 1 aliphatic carbocycles. The number of aromatic nitrogens is 3. The molecular weight excluding hydrogens is 418 g/mol. The lowest BCUT2D eigenvalue weighted by molar-refractivity contribution is -0.152. The van der Waals surface area contributed by atoms with E-state index in [0.717, 1.165) is 42.7 Å². The average Bonchev–Trinajstić information content (AvgIpc) is 3.45. The molecule has 0 saturated heterocycles. The van der Waals surface area contributed by atoms with Gasteiger partial charge in [0.2, 0.25) is 4.96 Å². The number of nitrogens with zero attached hydrogens (tertiary/aromatic N) is 3. The van der Waals surface area contributed by atoms with Gasteiger partial charge in [0.05, 0.1) is 11.1 Å². The second-order valence-corrected chi connectivity index (χ2v) is 8.89. The highest BCUT2D eigenvalue weighted by atomic mass is 32.1. The largest absolute Gasteiger partial charge is 0.486 e. The number of hydrogen-bond donors (Lipinski definition) is 0. The number of rotatable bonds is 5. The maximum absolute atomic E-state index is 13.3. The lowest BCUT2D eigenvalue weighted by atomic mass is 9.78. The third-order valence-corrected chi connectivity index (χ3v) is 6.99. The zero-order valence-electron chi connectivity index (χ0n) is 17.3. The van der Waals surface area contributed by atoms with Crippen LogP contribution in [0.25, 0.3) is 4.96 Å². The molecule has 0 spiro atoms. The number of carbonyl (C=O) groups is 1. The molecular formula is C22H23N3O5S. The molecule has 0 amide bonds. The summed E-state index contributed by atoms with van der Waals surface area (Å²) < 4.78 is 18.3. The van der Waals surface area contributed by atoms with Crippen LogP contribution in [0.5, 0.6) is 11.5 Å². The van der Waals surface area contributed by atoms with Crippen molar-refractivity contribution in [3.63, 3.8) is 0 Å². The van der Waals surface area contributed by atoms with Crippen molar-refractivity contribution >= 4 is 22.3 Å². The number of benzene rings is 1. The summed E-state index contributed by atoms with van der Waals surface area (Å²) in [5, 5.41) is 5.08. The standard InChI is InChI=1S/C22H23N3O5S/c1-2-18-24-25-19(26)12-15(23-21(25)31-18)13-30-20(27)22(7-3-4-8-22)14-5-6-16-17(11-14)29-10-9-28-16/h5-6,11-12H,2-4,7-10,13H2,1H3. The minimum absolute atomic E-state index is 0.0454. The lowest BCUT2D eigenvalue weighted by Gasteiger charge is -2.28. The van der Waals surface area contributed by atoms with Gasteiger partial charge in [0.15, 0.2) is 11.5 Å². The minimum atomic E-state index is -0.713. The monoisotopic (exact) mass is 441 g/mol. The van der Waals surface area contributed by atoms with E-state index < -0.39 is 5.41 Å². The molecule has 2 aliphatic rings. The van der Waals surface area contributed by atoms with Gasteiger partial charge in [0.1, 0.15) is 24.8 Å². The van der Waals surface area contributed by atoms with Crippen LogP contribution < -0.4 is 15.0 Å². The fourth-order valence-electron chi connectivity index (χ4n) is 4.32. The first kappa shape index (κ1) is 20.0. The van der Waals surface area contributed by atoms with Crippen LogP contribution in [0.15, 0.2) is 29.1 Å². The molecule has 31 heavy (non-hydrogen) atoms. The number of hydrogen-bond acceptors (Lipinski definition) is 8. The smallest absolute Gasteiger partial charge is 0.316 e. The Morgan fingerprint density at radius 3 is 2.74 bits per heavy atom. The topological polar surface area (TPSA) is 92.0 Å². The minimum Gasteiger partial charge on any atom is -0.486 e. The first-order chi connectivity index (χ1) is 15.1. The van der Waals surface area contributed by atoms with Crippen LogP contribution in [0.3, 0.4) is 0 Å². The summed E-state index contributed by atoms with van der Waals surface area (Å²) in [6, 6.07) is 7.08. The van der Waals surface area contributed by atoms with Crippen molar-refractivity contribution in [2.24, 2.45) is 0 Å². The van der Waals surface area contributed by atoms with E-state index in [4.69, 9.17) is 14.2 Å². The summed E-state index contributed by atoms with van der Waals surface area (Å²) in [6.45, 7) is 2.95. The van der Waals surface area contributed by atoms with Crippen molar-refractivity contribution in [1.29, 1.82) is 0 Å². The van der Waals surface area contributed by atoms with Gasteiger partial charge in [-0.25, -0.2) is 4.98 Å². The van der Waals surface area contributed by atoms with Gasteiger partial charge in [-0.2, -0.15) is 9.61 Å². The Kier molecular flexibility index (Phi) is 5.13. The SMILES string of the molecule is CCc1nn2c(=O)cc(COC(=O)C3(c4ccc5c(c4)OCCO5)CCCC3)nc2s1. The summed E-state index contributed by atoms with van der Waals surface area (Å²) in [5.74, 6) is 1.08. The van der Waals surface area contributed by atoms with Gasteiger partial charge < -0.3 is 14.2 Å². The summed E-state index contributed by atoms with van der Waals surface area (Å²) >= 11 is 1.37. The summed E-state index contributed by atoms with van der Waals surface area (Å²) in [6.07, 6.45) is 4.08. The van der Waals surface area contributed by atoms with E-state index in [9.17, 15) is 9.59 Å². The molecule has 5 rings (SSSR count). The van der Waals surface area contributed by atoms with Gasteiger partial charge in [-0.15, -0.1) is 0 Å². The average molecular weight is 442 g/mol. The van der Waals surface area contributed by atoms with Crippen molar-refractivity contribution < 1.29 is 19.0 Å². The molecule has 9 heteroatoms. The predicted molar refractivity (Wildman–Crippen MR) is 114 cm³/mol. The van der Waals surface area contributed by atoms with E-state index in [1.54, 1.807) is 0 Å². The maximum atomic E-state index is 13.3. The molecule has 0 bridgehead atoms. The predicted octanol–water partition coefficient (Wildman–Crippen LogP) is 3.04. The van der Waals surface area contributed by atoms with E-state index in [1.165, 1.54) is 21.9 Å². The third kappa shape index (κ3) is 3.56. The molecule has 0 unspecified atom stereocenters. The number of fused-ring (bicyclic) bond motifs is 2. The maximum Gasteiger partial charge on any atom is 0.316 e. The van der Waals surface area contributed by atoms with Crippen LogP contribution in [-0.4, -0.2) is 33.8 Å². The number of carbonyl (C=O) groups excluding carboxylic acids is 1. The van der Waals surface area contributed by atoms with Crippen LogP contribution in [0.2, 0.25) is 0 Å². The molecule has 1 saturated carbocycles. The van der Waals surface area contributed by atoms with E-state index in [1.807, 2.05) is 25.1 Å². The van der Waals surface area contributed by atoms with Gasteiger partial charge in [-0.1, -0.05) is 37.2 Å². The highest BCUT2D eigenvalue weighted by molar-refractivity contribution is 7.16.